The number of carbonyl (C=O) groups excluding carboxylic acids is 3. The van der Waals surface area contributed by atoms with Crippen molar-refractivity contribution in [2.24, 2.45) is 0 Å². The highest BCUT2D eigenvalue weighted by Crippen LogP contribution is 2.33. The number of nitrogens with one attached hydrogen (secondary N) is 1. The number of halogens is 6. The van der Waals surface area contributed by atoms with E-state index in [4.69, 9.17) is 16.3 Å². The van der Waals surface area contributed by atoms with Crippen LogP contribution >= 0.6 is 11.6 Å². The van der Waals surface area contributed by atoms with Crippen LogP contribution in [0.15, 0.2) is 60.7 Å². The van der Waals surface area contributed by atoms with Crippen LogP contribution in [0.25, 0.3) is 11.1 Å². The average Bonchev–Trinajstić information content (AvgIpc) is 3.05. The number of benzene rings is 3. The molecule has 0 saturated carbocycles. The highest BCUT2D eigenvalue weighted by Gasteiger charge is 2.40. The summed E-state index contributed by atoms with van der Waals surface area (Å²) in [6.45, 7) is -0.557. The molecule has 1 atom stereocenters. The minimum atomic E-state index is -4.90. The van der Waals surface area contributed by atoms with Crippen molar-refractivity contribution in [3.05, 3.63) is 76.8 Å². The van der Waals surface area contributed by atoms with Gasteiger partial charge in [-0.3, -0.25) is 14.4 Å². The third-order valence-corrected chi connectivity index (χ3v) is 7.06. The molecule has 14 heteroatoms. The summed E-state index contributed by atoms with van der Waals surface area (Å²) < 4.78 is 72.8. The topological polar surface area (TPSA) is 88.2 Å². The molecule has 220 valence electrons. The Bertz CT molecular complexity index is 1550. The molecule has 42 heavy (non-hydrogen) atoms. The zero-order valence-electron chi connectivity index (χ0n) is 21.5. The van der Waals surface area contributed by atoms with E-state index in [1.807, 2.05) is 0 Å². The number of fused-ring (bicyclic) bond motifs is 2. The maximum absolute atomic E-state index is 13.5. The molecule has 3 aromatic rings. The number of piperazine rings is 1. The molecule has 8 nitrogen and oxygen atoms in total. The zero-order valence-corrected chi connectivity index (χ0v) is 22.2. The first-order chi connectivity index (χ1) is 19.9. The molecule has 3 amide bonds. The fraction of sp³-hybridized carbons (Fsp3) is 0.250. The molecule has 0 unspecified atom stereocenters. The number of hydrogen-bond donors (Lipinski definition) is 1. The minimum absolute atomic E-state index is 0.0252. The third kappa shape index (κ3) is 6.25. The Morgan fingerprint density at radius 3 is 2.50 bits per heavy atom. The number of nitrogens with zero attached hydrogens (tertiary/aromatic N) is 2. The number of hydrogen-bond acceptors (Lipinski definition) is 5. The largest absolute Gasteiger partial charge is 0.573 e. The molecule has 3 aromatic carbocycles. The summed E-state index contributed by atoms with van der Waals surface area (Å²) in [5.41, 5.74) is 1.26. The van der Waals surface area contributed by atoms with E-state index in [0.29, 0.717) is 11.1 Å². The van der Waals surface area contributed by atoms with Crippen molar-refractivity contribution < 1.29 is 45.8 Å². The second-order valence-electron chi connectivity index (χ2n) is 9.46. The van der Waals surface area contributed by atoms with E-state index >= 15 is 0 Å². The minimum Gasteiger partial charge on any atom is -0.482 e. The van der Waals surface area contributed by atoms with E-state index in [-0.39, 0.29) is 47.2 Å². The summed E-state index contributed by atoms with van der Waals surface area (Å²) in [5, 5.41) is 2.50. The number of rotatable bonds is 6. The lowest BCUT2D eigenvalue weighted by Crippen LogP contribution is -2.60. The van der Waals surface area contributed by atoms with Crippen LogP contribution in [0.3, 0.4) is 0 Å². The fourth-order valence-corrected chi connectivity index (χ4v) is 4.96. The van der Waals surface area contributed by atoms with E-state index in [2.05, 4.69) is 10.1 Å². The molecule has 0 spiro atoms. The molecular weight excluding hydrogens is 589 g/mol. The lowest BCUT2D eigenvalue weighted by molar-refractivity contribution is -0.274. The van der Waals surface area contributed by atoms with E-state index in [9.17, 15) is 36.3 Å². The third-order valence-electron chi connectivity index (χ3n) is 6.76. The van der Waals surface area contributed by atoms with Crippen molar-refractivity contribution >= 4 is 35.0 Å². The van der Waals surface area contributed by atoms with Gasteiger partial charge in [0, 0.05) is 24.7 Å². The molecule has 1 fully saturated rings. The van der Waals surface area contributed by atoms with Crippen LogP contribution in [0.2, 0.25) is 5.02 Å². The average molecular weight is 610 g/mol. The Hall–Kier alpha value is -4.39. The van der Waals surface area contributed by atoms with Gasteiger partial charge in [-0.25, -0.2) is 8.78 Å². The Kier molecular flexibility index (Phi) is 7.95. The highest BCUT2D eigenvalue weighted by atomic mass is 35.5. The van der Waals surface area contributed by atoms with E-state index < -0.39 is 48.9 Å². The molecular formula is C28H21ClF5N3O5. The summed E-state index contributed by atoms with van der Waals surface area (Å²) >= 11 is 5.96. The summed E-state index contributed by atoms with van der Waals surface area (Å²) in [6.07, 6.45) is -7.56. The molecule has 0 bridgehead atoms. The number of anilines is 1. The van der Waals surface area contributed by atoms with Gasteiger partial charge in [-0.1, -0.05) is 35.9 Å². The SMILES string of the molecule is O=C1Nc2ccc(-c3cccc(C(F)F)c3)cc2C(=O)N2CCN(C(=O)COc3ccc(OC(F)(F)F)cc3Cl)C[C@@H]12. The first-order valence-corrected chi connectivity index (χ1v) is 12.9. The van der Waals surface area contributed by atoms with Gasteiger partial charge in [-0.15, -0.1) is 13.2 Å². The second kappa shape index (κ2) is 11.5. The van der Waals surface area contributed by atoms with Crippen molar-refractivity contribution in [3.8, 4) is 22.6 Å². The van der Waals surface area contributed by atoms with Gasteiger partial charge in [-0.05, 0) is 41.5 Å². The van der Waals surface area contributed by atoms with Crippen LogP contribution in [0.1, 0.15) is 22.3 Å². The molecule has 2 aliphatic heterocycles. The quantitative estimate of drug-likeness (QED) is 0.372. The van der Waals surface area contributed by atoms with Gasteiger partial charge in [0.25, 0.3) is 18.2 Å². The summed E-state index contributed by atoms with van der Waals surface area (Å²) in [7, 11) is 0. The van der Waals surface area contributed by atoms with Crippen molar-refractivity contribution in [3.63, 3.8) is 0 Å². The molecule has 0 aromatic heterocycles. The standard InChI is InChI=1S/C28H21ClF5N3O5/c29-20-12-18(42-28(32,33)34)5-7-23(20)41-14-24(38)36-8-9-37-22(13-36)26(39)35-21-6-4-16(11-19(21)27(37)40)15-2-1-3-17(10-15)25(30)31/h1-7,10-12,22,25H,8-9,13-14H2,(H,35,39)/t22-/m0/s1. The van der Waals surface area contributed by atoms with Crippen LogP contribution in [-0.2, 0) is 9.59 Å². The van der Waals surface area contributed by atoms with Crippen molar-refractivity contribution in [1.29, 1.82) is 0 Å². The van der Waals surface area contributed by atoms with E-state index in [1.54, 1.807) is 12.1 Å². The number of carbonyl (C=O) groups is 3. The van der Waals surface area contributed by atoms with Crippen LogP contribution in [0.4, 0.5) is 27.6 Å². The summed E-state index contributed by atoms with van der Waals surface area (Å²) in [4.78, 5) is 42.2. The number of ether oxygens (including phenoxy) is 2. The highest BCUT2D eigenvalue weighted by molar-refractivity contribution is 6.32. The monoisotopic (exact) mass is 609 g/mol. The Morgan fingerprint density at radius 1 is 1.02 bits per heavy atom. The molecule has 2 heterocycles. The van der Waals surface area contributed by atoms with Gasteiger partial charge in [0.1, 0.15) is 17.5 Å². The fourth-order valence-electron chi connectivity index (χ4n) is 4.74. The van der Waals surface area contributed by atoms with Crippen LogP contribution in [0, 0.1) is 0 Å². The maximum Gasteiger partial charge on any atom is 0.573 e. The Labute approximate surface area is 240 Å². The first kappa shape index (κ1) is 29.1. The Balaban J connectivity index is 1.27. The lowest BCUT2D eigenvalue weighted by atomic mass is 9.99. The normalized spacial score (nSPS) is 16.9. The van der Waals surface area contributed by atoms with Gasteiger partial charge in [0.05, 0.1) is 22.8 Å². The van der Waals surface area contributed by atoms with Crippen molar-refractivity contribution in [2.45, 2.75) is 18.8 Å². The molecule has 1 N–H and O–H groups in total. The molecule has 5 rings (SSSR count). The van der Waals surface area contributed by atoms with Gasteiger partial charge in [-0.2, -0.15) is 0 Å². The predicted octanol–water partition coefficient (Wildman–Crippen LogP) is 5.53. The molecule has 1 saturated heterocycles. The van der Waals surface area contributed by atoms with Crippen LogP contribution < -0.4 is 14.8 Å². The van der Waals surface area contributed by atoms with Crippen molar-refractivity contribution in [2.75, 3.05) is 31.6 Å². The van der Waals surface area contributed by atoms with Gasteiger partial charge < -0.3 is 24.6 Å². The smallest absolute Gasteiger partial charge is 0.482 e. The maximum atomic E-state index is 13.5. The van der Waals surface area contributed by atoms with Crippen LogP contribution in [0.5, 0.6) is 11.5 Å². The number of alkyl halides is 5. The number of amides is 3. The Morgan fingerprint density at radius 2 is 1.79 bits per heavy atom. The summed E-state index contributed by atoms with van der Waals surface area (Å²) in [5.74, 6) is -2.12. The van der Waals surface area contributed by atoms with E-state index in [1.165, 1.54) is 40.1 Å². The lowest BCUT2D eigenvalue weighted by Gasteiger charge is -2.39. The molecule has 0 radical (unpaired) electrons. The van der Waals surface area contributed by atoms with Gasteiger partial charge >= 0.3 is 6.36 Å². The predicted molar refractivity (Wildman–Crippen MR) is 140 cm³/mol. The molecule has 0 aliphatic carbocycles. The van der Waals surface area contributed by atoms with E-state index in [0.717, 1.165) is 18.2 Å². The first-order valence-electron chi connectivity index (χ1n) is 12.5. The van der Waals surface area contributed by atoms with Gasteiger partial charge in [0.2, 0.25) is 5.91 Å². The van der Waals surface area contributed by atoms with Crippen molar-refractivity contribution in [1.82, 2.24) is 9.80 Å². The second-order valence-corrected chi connectivity index (χ2v) is 9.87. The zero-order chi connectivity index (χ0) is 30.2. The summed E-state index contributed by atoms with van der Waals surface area (Å²) in [6, 6.07) is 12.4. The van der Waals surface area contributed by atoms with Gasteiger partial charge in [0.15, 0.2) is 6.61 Å². The molecule has 2 aliphatic rings. The van der Waals surface area contributed by atoms with Crippen LogP contribution in [-0.4, -0.2) is 66.2 Å².